The van der Waals surface area contributed by atoms with Crippen molar-refractivity contribution in [3.05, 3.63) is 44.8 Å². The SMILES string of the molecule is CCn1cc(Br)cc1C(=O)NC(CC(=O)O)c1cccs1. The quantitative estimate of drug-likeness (QED) is 0.819. The molecule has 0 aliphatic carbocycles. The van der Waals surface area contributed by atoms with E-state index in [1.165, 1.54) is 11.3 Å². The van der Waals surface area contributed by atoms with Gasteiger partial charge in [-0.2, -0.15) is 0 Å². The lowest BCUT2D eigenvalue weighted by atomic mass is 10.1. The third kappa shape index (κ3) is 3.95. The van der Waals surface area contributed by atoms with Gasteiger partial charge in [0.05, 0.1) is 12.5 Å². The number of carbonyl (C=O) groups is 2. The number of hydrogen-bond acceptors (Lipinski definition) is 3. The summed E-state index contributed by atoms with van der Waals surface area (Å²) in [6.07, 6.45) is 1.69. The fourth-order valence-corrected chi connectivity index (χ4v) is 3.29. The lowest BCUT2D eigenvalue weighted by Crippen LogP contribution is -2.31. The summed E-state index contributed by atoms with van der Waals surface area (Å²) in [5.74, 6) is -1.22. The maximum atomic E-state index is 12.4. The molecule has 2 heterocycles. The van der Waals surface area contributed by atoms with Gasteiger partial charge >= 0.3 is 5.97 Å². The fourth-order valence-electron chi connectivity index (χ4n) is 2.05. The summed E-state index contributed by atoms with van der Waals surface area (Å²) < 4.78 is 2.63. The zero-order chi connectivity index (χ0) is 15.4. The average molecular weight is 371 g/mol. The highest BCUT2D eigenvalue weighted by molar-refractivity contribution is 9.10. The van der Waals surface area contributed by atoms with Crippen molar-refractivity contribution in [1.82, 2.24) is 9.88 Å². The third-order valence-corrected chi connectivity index (χ3v) is 4.43. The molecule has 0 fully saturated rings. The monoisotopic (exact) mass is 370 g/mol. The molecule has 5 nitrogen and oxygen atoms in total. The van der Waals surface area contributed by atoms with Crippen LogP contribution >= 0.6 is 27.3 Å². The predicted molar refractivity (Wildman–Crippen MR) is 84.6 cm³/mol. The second-order valence-electron chi connectivity index (χ2n) is 4.47. The predicted octanol–water partition coefficient (Wildman–Crippen LogP) is 3.28. The molecule has 2 rings (SSSR count). The topological polar surface area (TPSA) is 71.3 Å². The first-order valence-corrected chi connectivity index (χ1v) is 8.10. The summed E-state index contributed by atoms with van der Waals surface area (Å²) in [6.45, 7) is 2.61. The summed E-state index contributed by atoms with van der Waals surface area (Å²) in [6, 6.07) is 4.87. The molecule has 21 heavy (non-hydrogen) atoms. The van der Waals surface area contributed by atoms with E-state index in [2.05, 4.69) is 21.2 Å². The van der Waals surface area contributed by atoms with E-state index in [1.807, 2.05) is 35.2 Å². The van der Waals surface area contributed by atoms with Crippen LogP contribution in [0.2, 0.25) is 0 Å². The molecule has 0 spiro atoms. The number of nitrogens with one attached hydrogen (secondary N) is 1. The molecule has 1 amide bonds. The molecule has 7 heteroatoms. The molecule has 0 saturated heterocycles. The smallest absolute Gasteiger partial charge is 0.305 e. The van der Waals surface area contributed by atoms with Crippen molar-refractivity contribution in [2.75, 3.05) is 0 Å². The van der Waals surface area contributed by atoms with Crippen LogP contribution in [0.3, 0.4) is 0 Å². The van der Waals surface area contributed by atoms with Crippen molar-refractivity contribution in [3.63, 3.8) is 0 Å². The van der Waals surface area contributed by atoms with Gasteiger partial charge in [-0.05, 0) is 40.4 Å². The van der Waals surface area contributed by atoms with Gasteiger partial charge in [0.25, 0.3) is 5.91 Å². The molecular formula is C14H15BrN2O3S. The van der Waals surface area contributed by atoms with Gasteiger partial charge in [0.2, 0.25) is 0 Å². The number of carbonyl (C=O) groups excluding carboxylic acids is 1. The van der Waals surface area contributed by atoms with Crippen LogP contribution in [-0.4, -0.2) is 21.6 Å². The standard InChI is InChI=1S/C14H15BrN2O3S/c1-2-17-8-9(15)6-11(17)14(20)16-10(7-13(18)19)12-4-3-5-21-12/h3-6,8,10H,2,7H2,1H3,(H,16,20)(H,18,19). The van der Waals surface area contributed by atoms with E-state index in [-0.39, 0.29) is 12.3 Å². The van der Waals surface area contributed by atoms with Crippen molar-refractivity contribution in [3.8, 4) is 0 Å². The molecule has 2 aromatic heterocycles. The summed E-state index contributed by atoms with van der Waals surface area (Å²) in [5.41, 5.74) is 0.510. The molecular weight excluding hydrogens is 356 g/mol. The van der Waals surface area contributed by atoms with Gasteiger partial charge in [0, 0.05) is 22.1 Å². The highest BCUT2D eigenvalue weighted by Crippen LogP contribution is 2.23. The van der Waals surface area contributed by atoms with Crippen LogP contribution in [-0.2, 0) is 11.3 Å². The van der Waals surface area contributed by atoms with Crippen molar-refractivity contribution in [2.45, 2.75) is 25.9 Å². The molecule has 1 atom stereocenters. The Morgan fingerprint density at radius 1 is 1.52 bits per heavy atom. The Balaban J connectivity index is 2.19. The van der Waals surface area contributed by atoms with Gasteiger partial charge in [-0.3, -0.25) is 9.59 Å². The van der Waals surface area contributed by atoms with E-state index in [4.69, 9.17) is 5.11 Å². The number of hydrogen-bond donors (Lipinski definition) is 2. The Kier molecular flexibility index (Phi) is 5.19. The van der Waals surface area contributed by atoms with Gasteiger partial charge in [-0.25, -0.2) is 0 Å². The Labute approximate surface area is 134 Å². The van der Waals surface area contributed by atoms with Crippen LogP contribution in [0.25, 0.3) is 0 Å². The number of carboxylic acids is 1. The first-order valence-electron chi connectivity index (χ1n) is 6.43. The van der Waals surface area contributed by atoms with Crippen LogP contribution in [0.15, 0.2) is 34.2 Å². The molecule has 0 aliphatic rings. The van der Waals surface area contributed by atoms with Gasteiger partial charge < -0.3 is 15.0 Å². The molecule has 112 valence electrons. The molecule has 2 N–H and O–H groups in total. The highest BCUT2D eigenvalue weighted by Gasteiger charge is 2.21. The number of amides is 1. The number of aliphatic carboxylic acids is 1. The summed E-state index contributed by atoms with van der Waals surface area (Å²) >= 11 is 4.78. The third-order valence-electron chi connectivity index (χ3n) is 3.01. The number of thiophene rings is 1. The van der Waals surface area contributed by atoms with Gasteiger partial charge in [-0.15, -0.1) is 11.3 Å². The van der Waals surface area contributed by atoms with E-state index >= 15 is 0 Å². The number of aromatic nitrogens is 1. The summed E-state index contributed by atoms with van der Waals surface area (Å²) in [5, 5.41) is 13.7. The fraction of sp³-hybridized carbons (Fsp3) is 0.286. The molecule has 1 unspecified atom stereocenters. The molecule has 0 aromatic carbocycles. The first kappa shape index (κ1) is 15.8. The van der Waals surface area contributed by atoms with Crippen molar-refractivity contribution < 1.29 is 14.7 Å². The summed E-state index contributed by atoms with van der Waals surface area (Å²) in [7, 11) is 0. The van der Waals surface area contributed by atoms with E-state index in [1.54, 1.807) is 6.07 Å². The highest BCUT2D eigenvalue weighted by atomic mass is 79.9. The van der Waals surface area contributed by atoms with Crippen LogP contribution in [0.5, 0.6) is 0 Å². The summed E-state index contributed by atoms with van der Waals surface area (Å²) in [4.78, 5) is 24.2. The lowest BCUT2D eigenvalue weighted by Gasteiger charge is -2.16. The minimum Gasteiger partial charge on any atom is -0.481 e. The van der Waals surface area contributed by atoms with Crippen molar-refractivity contribution in [1.29, 1.82) is 0 Å². The Hall–Kier alpha value is -1.60. The zero-order valence-electron chi connectivity index (χ0n) is 11.4. The van der Waals surface area contributed by atoms with E-state index in [0.717, 1.165) is 9.35 Å². The first-order chi connectivity index (χ1) is 10.0. The largest absolute Gasteiger partial charge is 0.481 e. The van der Waals surface area contributed by atoms with Crippen molar-refractivity contribution >= 4 is 39.1 Å². The minimum absolute atomic E-state index is 0.139. The zero-order valence-corrected chi connectivity index (χ0v) is 13.8. The van der Waals surface area contributed by atoms with E-state index < -0.39 is 12.0 Å². The van der Waals surface area contributed by atoms with Crippen LogP contribution in [0, 0.1) is 0 Å². The van der Waals surface area contributed by atoms with Crippen LogP contribution in [0.1, 0.15) is 34.8 Å². The normalized spacial score (nSPS) is 12.1. The number of aryl methyl sites for hydroxylation is 1. The molecule has 0 bridgehead atoms. The van der Waals surface area contributed by atoms with E-state index in [0.29, 0.717) is 12.2 Å². The maximum Gasteiger partial charge on any atom is 0.305 e. The second-order valence-corrected chi connectivity index (χ2v) is 6.36. The molecule has 0 aliphatic heterocycles. The Morgan fingerprint density at radius 3 is 2.86 bits per heavy atom. The van der Waals surface area contributed by atoms with Crippen LogP contribution in [0.4, 0.5) is 0 Å². The van der Waals surface area contributed by atoms with Gasteiger partial charge in [0.15, 0.2) is 0 Å². The molecule has 0 radical (unpaired) electrons. The van der Waals surface area contributed by atoms with Gasteiger partial charge in [-0.1, -0.05) is 6.07 Å². The molecule has 0 saturated carbocycles. The Morgan fingerprint density at radius 2 is 2.29 bits per heavy atom. The van der Waals surface area contributed by atoms with Crippen LogP contribution < -0.4 is 5.32 Å². The number of carboxylic acid groups (broad SMARTS) is 1. The number of halogens is 1. The van der Waals surface area contributed by atoms with E-state index in [9.17, 15) is 9.59 Å². The maximum absolute atomic E-state index is 12.4. The van der Waals surface area contributed by atoms with Crippen molar-refractivity contribution in [2.24, 2.45) is 0 Å². The number of rotatable bonds is 6. The molecule has 2 aromatic rings. The average Bonchev–Trinajstić information content (AvgIpc) is 3.05. The minimum atomic E-state index is -0.944. The lowest BCUT2D eigenvalue weighted by molar-refractivity contribution is -0.137. The second kappa shape index (κ2) is 6.91. The van der Waals surface area contributed by atoms with Gasteiger partial charge in [0.1, 0.15) is 5.69 Å². The Bertz CT molecular complexity index is 637. The number of nitrogens with zero attached hydrogens (tertiary/aromatic N) is 1.